The summed E-state index contributed by atoms with van der Waals surface area (Å²) in [6.45, 7) is 0.637. The fraction of sp³-hybridized carbons (Fsp3) is 0.345. The molecule has 1 fully saturated rings. The Hall–Kier alpha value is -5.13. The van der Waals surface area contributed by atoms with Crippen molar-refractivity contribution in [1.29, 1.82) is 0 Å². The van der Waals surface area contributed by atoms with Gasteiger partial charge in [0, 0.05) is 6.61 Å². The van der Waals surface area contributed by atoms with Gasteiger partial charge in [-0.3, -0.25) is 4.18 Å². The number of aliphatic hydroxyl groups excluding tert-OH is 1. The average molecular weight is 947 g/mol. The molecule has 12 nitrogen and oxygen atoms in total. The summed E-state index contributed by atoms with van der Waals surface area (Å²) in [7, 11) is -4.14. The Balaban J connectivity index is 1.29. The minimum Gasteiger partial charge on any atom is -0.396 e. The molecule has 7 rings (SSSR count). The standard InChI is InChI=1S/C55H62O12S/c1-68(57,58)67-50(41-60-35-43-22-10-3-11-23-43)51(48(32-33-56)61-36-44-24-12-4-13-25-44)66-55-54(64-39-47-30-18-7-19-31-47)53(63-38-46-28-16-6-17-29-46)52(62-37-45-26-14-5-15-27-45)49(65-55)40-59-34-42-20-8-2-9-21-42/h2-31,48-56H,32-41H2,1H3/t48-,49-,50-,51+,52+,53+,54-,55+/m1/s1. The summed E-state index contributed by atoms with van der Waals surface area (Å²) < 4.78 is 86.4. The molecule has 8 atom stereocenters. The van der Waals surface area contributed by atoms with E-state index >= 15 is 0 Å². The number of rotatable bonds is 28. The summed E-state index contributed by atoms with van der Waals surface area (Å²) in [6.07, 6.45) is -7.15. The van der Waals surface area contributed by atoms with Crippen LogP contribution < -0.4 is 0 Å². The Labute approximate surface area is 400 Å². The molecule has 0 amide bonds. The van der Waals surface area contributed by atoms with E-state index in [2.05, 4.69) is 0 Å². The van der Waals surface area contributed by atoms with Gasteiger partial charge in [0.2, 0.25) is 0 Å². The van der Waals surface area contributed by atoms with Gasteiger partial charge < -0.3 is 43.0 Å². The zero-order chi connectivity index (χ0) is 47.2. The smallest absolute Gasteiger partial charge is 0.264 e. The van der Waals surface area contributed by atoms with E-state index in [1.807, 2.05) is 182 Å². The van der Waals surface area contributed by atoms with Crippen LogP contribution in [0.25, 0.3) is 0 Å². The third kappa shape index (κ3) is 16.5. The molecule has 1 aliphatic heterocycles. The van der Waals surface area contributed by atoms with Gasteiger partial charge in [-0.15, -0.1) is 0 Å². The van der Waals surface area contributed by atoms with Crippen LogP contribution in [-0.4, -0.2) is 88.6 Å². The molecule has 0 spiro atoms. The summed E-state index contributed by atoms with van der Waals surface area (Å²) in [4.78, 5) is 0. The Morgan fingerprint density at radius 3 is 1.34 bits per heavy atom. The molecule has 360 valence electrons. The highest BCUT2D eigenvalue weighted by molar-refractivity contribution is 7.86. The van der Waals surface area contributed by atoms with Crippen molar-refractivity contribution >= 4 is 10.1 Å². The third-order valence-corrected chi connectivity index (χ3v) is 11.9. The maximum absolute atomic E-state index is 13.2. The van der Waals surface area contributed by atoms with Gasteiger partial charge in [0.1, 0.15) is 36.6 Å². The van der Waals surface area contributed by atoms with Crippen molar-refractivity contribution in [3.05, 3.63) is 215 Å². The van der Waals surface area contributed by atoms with Crippen molar-refractivity contribution in [1.82, 2.24) is 0 Å². The van der Waals surface area contributed by atoms with E-state index in [0.29, 0.717) is 6.61 Å². The van der Waals surface area contributed by atoms with E-state index in [9.17, 15) is 13.5 Å². The molecule has 1 N–H and O–H groups in total. The second kappa shape index (κ2) is 27.2. The SMILES string of the molecule is CS(=O)(=O)O[C@H](COCc1ccccc1)[C@@H](O[C@@H]1O[C@H](COCc2ccccc2)[C@H](OCc2ccccc2)[C@H](OCc2ccccc2)[C@H]1OCc1ccccc1)[C@@H](CCO)OCc1ccccc1. The first-order valence-electron chi connectivity index (χ1n) is 23.0. The van der Waals surface area contributed by atoms with Crippen LogP contribution in [-0.2, 0) is 91.8 Å². The van der Waals surface area contributed by atoms with Crippen LogP contribution in [0.3, 0.4) is 0 Å². The lowest BCUT2D eigenvalue weighted by atomic mass is 9.97. The number of benzene rings is 6. The largest absolute Gasteiger partial charge is 0.396 e. The normalized spacial score (nSPS) is 19.8. The molecule has 6 aromatic carbocycles. The number of aliphatic hydroxyl groups is 1. The molecule has 13 heteroatoms. The van der Waals surface area contributed by atoms with Gasteiger partial charge in [0.05, 0.1) is 65.2 Å². The van der Waals surface area contributed by atoms with Gasteiger partial charge in [-0.05, 0) is 39.8 Å². The first-order valence-corrected chi connectivity index (χ1v) is 24.8. The second-order valence-electron chi connectivity index (χ2n) is 16.6. The van der Waals surface area contributed by atoms with Gasteiger partial charge >= 0.3 is 0 Å². The molecule has 0 unspecified atom stereocenters. The lowest BCUT2D eigenvalue weighted by Gasteiger charge is -2.47. The fourth-order valence-electron chi connectivity index (χ4n) is 7.94. The highest BCUT2D eigenvalue weighted by Crippen LogP contribution is 2.34. The average Bonchev–Trinajstić information content (AvgIpc) is 3.37. The minimum atomic E-state index is -4.14. The van der Waals surface area contributed by atoms with E-state index in [0.717, 1.165) is 39.6 Å². The quantitative estimate of drug-likeness (QED) is 0.0472. The van der Waals surface area contributed by atoms with E-state index in [1.54, 1.807) is 0 Å². The maximum atomic E-state index is 13.2. The molecule has 0 aromatic heterocycles. The summed E-state index contributed by atoms with van der Waals surface area (Å²) >= 11 is 0. The van der Waals surface area contributed by atoms with Crippen LogP contribution in [0, 0.1) is 0 Å². The first-order chi connectivity index (χ1) is 33.3. The minimum absolute atomic E-state index is 0.0441. The second-order valence-corrected chi connectivity index (χ2v) is 18.2. The van der Waals surface area contributed by atoms with Crippen molar-refractivity contribution in [2.75, 3.05) is 26.1 Å². The lowest BCUT2D eigenvalue weighted by molar-refractivity contribution is -0.347. The third-order valence-electron chi connectivity index (χ3n) is 11.3. The molecule has 1 saturated heterocycles. The highest BCUT2D eigenvalue weighted by Gasteiger charge is 2.51. The van der Waals surface area contributed by atoms with Crippen LogP contribution in [0.2, 0.25) is 0 Å². The molecule has 0 aliphatic carbocycles. The van der Waals surface area contributed by atoms with E-state index in [1.165, 1.54) is 0 Å². The Morgan fingerprint density at radius 1 is 0.500 bits per heavy atom. The Kier molecular flexibility index (Phi) is 20.3. The van der Waals surface area contributed by atoms with Gasteiger partial charge in [0.15, 0.2) is 6.29 Å². The van der Waals surface area contributed by atoms with E-state index < -0.39 is 59.1 Å². The molecule has 0 radical (unpaired) electrons. The zero-order valence-electron chi connectivity index (χ0n) is 38.4. The van der Waals surface area contributed by atoms with Crippen LogP contribution in [0.4, 0.5) is 0 Å². The fourth-order valence-corrected chi connectivity index (χ4v) is 8.56. The summed E-state index contributed by atoms with van der Waals surface area (Å²) in [6, 6.07) is 58.2. The molecule has 6 aromatic rings. The maximum Gasteiger partial charge on any atom is 0.264 e. The van der Waals surface area contributed by atoms with Gasteiger partial charge in [-0.2, -0.15) is 8.42 Å². The number of hydrogen-bond donors (Lipinski definition) is 1. The van der Waals surface area contributed by atoms with Crippen molar-refractivity contribution in [2.45, 2.75) is 95.1 Å². The van der Waals surface area contributed by atoms with Gasteiger partial charge in [-0.25, -0.2) is 0 Å². The molecule has 0 saturated carbocycles. The zero-order valence-corrected chi connectivity index (χ0v) is 39.2. The first kappa shape index (κ1) is 50.7. The molecule has 1 heterocycles. The molecular formula is C55H62O12S. The lowest BCUT2D eigenvalue weighted by Crippen LogP contribution is -2.63. The van der Waals surface area contributed by atoms with Crippen LogP contribution in [0.5, 0.6) is 0 Å². The molecule has 0 bridgehead atoms. The van der Waals surface area contributed by atoms with Crippen molar-refractivity contribution < 1.29 is 55.6 Å². The predicted octanol–water partition coefficient (Wildman–Crippen LogP) is 8.60. The molecular weight excluding hydrogens is 885 g/mol. The number of hydrogen-bond acceptors (Lipinski definition) is 12. The van der Waals surface area contributed by atoms with Crippen molar-refractivity contribution in [3.63, 3.8) is 0 Å². The Bertz CT molecular complexity index is 2380. The van der Waals surface area contributed by atoms with Crippen LogP contribution in [0.15, 0.2) is 182 Å². The summed E-state index contributed by atoms with van der Waals surface area (Å²) in [5.74, 6) is 0. The Morgan fingerprint density at radius 2 is 0.897 bits per heavy atom. The monoisotopic (exact) mass is 946 g/mol. The van der Waals surface area contributed by atoms with E-state index in [-0.39, 0.29) is 59.3 Å². The van der Waals surface area contributed by atoms with Gasteiger partial charge in [-0.1, -0.05) is 182 Å². The van der Waals surface area contributed by atoms with Crippen molar-refractivity contribution in [2.24, 2.45) is 0 Å². The predicted molar refractivity (Wildman–Crippen MR) is 257 cm³/mol. The van der Waals surface area contributed by atoms with Crippen LogP contribution >= 0.6 is 0 Å². The molecule has 68 heavy (non-hydrogen) atoms. The van der Waals surface area contributed by atoms with Crippen molar-refractivity contribution in [3.8, 4) is 0 Å². The summed E-state index contributed by atoms with van der Waals surface area (Å²) in [5, 5.41) is 10.6. The van der Waals surface area contributed by atoms with Crippen LogP contribution in [0.1, 0.15) is 39.8 Å². The highest BCUT2D eigenvalue weighted by atomic mass is 32.2. The van der Waals surface area contributed by atoms with E-state index in [4.69, 9.17) is 42.1 Å². The number of ether oxygens (including phenoxy) is 8. The van der Waals surface area contributed by atoms with Gasteiger partial charge in [0.25, 0.3) is 10.1 Å². The molecule has 1 aliphatic rings. The topological polar surface area (TPSA) is 137 Å². The summed E-state index contributed by atoms with van der Waals surface area (Å²) in [5.41, 5.74) is 5.45.